The summed E-state index contributed by atoms with van der Waals surface area (Å²) in [6.45, 7) is 2.27. The standard InChI is InChI=1S/C21H20FN7O/c22-14-3-1-13(2-4-14)16-11-29(10-15-6-8-30-28-15)12-17(16)20-25-9-19(26-20)18-5-7-24-21(23)27-18/h1-9,16-17H,10-12H2,(H,25,26)(H2,23,24,27). The number of nitrogen functional groups attached to an aromatic ring is 1. The lowest BCUT2D eigenvalue weighted by atomic mass is 9.88. The van der Waals surface area contributed by atoms with Crippen molar-refractivity contribution in [1.29, 1.82) is 0 Å². The second kappa shape index (κ2) is 7.68. The molecular formula is C21H20FN7O. The average Bonchev–Trinajstić information content (AvgIpc) is 3.50. The summed E-state index contributed by atoms with van der Waals surface area (Å²) < 4.78 is 18.4. The van der Waals surface area contributed by atoms with Crippen molar-refractivity contribution in [2.75, 3.05) is 18.8 Å². The van der Waals surface area contributed by atoms with Crippen molar-refractivity contribution in [1.82, 2.24) is 30.0 Å². The molecule has 9 heteroatoms. The Kier molecular flexibility index (Phi) is 4.72. The molecule has 0 amide bonds. The molecule has 1 aromatic carbocycles. The van der Waals surface area contributed by atoms with Gasteiger partial charge < -0.3 is 15.2 Å². The third-order valence-electron chi connectivity index (χ3n) is 5.47. The summed E-state index contributed by atoms with van der Waals surface area (Å²) in [5.74, 6) is 1.10. The van der Waals surface area contributed by atoms with Crippen LogP contribution in [0.1, 0.15) is 28.9 Å². The van der Waals surface area contributed by atoms with Crippen LogP contribution in [0.2, 0.25) is 0 Å². The highest BCUT2D eigenvalue weighted by Gasteiger charge is 2.37. The summed E-state index contributed by atoms with van der Waals surface area (Å²) in [5.41, 5.74) is 9.14. The van der Waals surface area contributed by atoms with Gasteiger partial charge in [-0.25, -0.2) is 19.3 Å². The molecule has 8 nitrogen and oxygen atoms in total. The highest BCUT2D eigenvalue weighted by atomic mass is 19.1. The van der Waals surface area contributed by atoms with Crippen molar-refractivity contribution in [2.45, 2.75) is 18.4 Å². The van der Waals surface area contributed by atoms with Gasteiger partial charge in [0, 0.05) is 43.7 Å². The minimum absolute atomic E-state index is 0.107. The van der Waals surface area contributed by atoms with Crippen LogP contribution < -0.4 is 5.73 Å². The highest BCUT2D eigenvalue weighted by molar-refractivity contribution is 5.54. The summed E-state index contributed by atoms with van der Waals surface area (Å²) in [4.78, 5) is 18.5. The van der Waals surface area contributed by atoms with Gasteiger partial charge in [-0.3, -0.25) is 4.90 Å². The molecular weight excluding hydrogens is 385 g/mol. The molecule has 3 N–H and O–H groups in total. The number of benzene rings is 1. The molecule has 2 unspecified atom stereocenters. The molecule has 1 aliphatic heterocycles. The molecule has 5 rings (SSSR count). The van der Waals surface area contributed by atoms with Crippen LogP contribution in [0.25, 0.3) is 11.4 Å². The Morgan fingerprint density at radius 3 is 2.70 bits per heavy atom. The number of aromatic nitrogens is 5. The number of H-pyrrole nitrogens is 1. The fraction of sp³-hybridized carbons (Fsp3) is 0.238. The molecule has 3 aromatic heterocycles. The summed E-state index contributed by atoms with van der Waals surface area (Å²) in [6.07, 6.45) is 4.96. The molecule has 0 aliphatic carbocycles. The zero-order chi connectivity index (χ0) is 20.5. The Balaban J connectivity index is 1.45. The van der Waals surface area contributed by atoms with Crippen LogP contribution in [0.5, 0.6) is 0 Å². The van der Waals surface area contributed by atoms with Gasteiger partial charge in [-0.05, 0) is 23.8 Å². The molecule has 30 heavy (non-hydrogen) atoms. The van der Waals surface area contributed by atoms with E-state index in [2.05, 4.69) is 30.0 Å². The van der Waals surface area contributed by atoms with E-state index in [1.165, 1.54) is 12.1 Å². The molecule has 0 spiro atoms. The van der Waals surface area contributed by atoms with Gasteiger partial charge in [0.05, 0.1) is 23.3 Å². The number of halogens is 1. The van der Waals surface area contributed by atoms with E-state index in [9.17, 15) is 4.39 Å². The first kappa shape index (κ1) is 18.4. The summed E-state index contributed by atoms with van der Waals surface area (Å²) in [5, 5.41) is 4.02. The number of nitrogens with zero attached hydrogens (tertiary/aromatic N) is 5. The van der Waals surface area contributed by atoms with E-state index in [1.54, 1.807) is 24.7 Å². The predicted molar refractivity (Wildman–Crippen MR) is 108 cm³/mol. The van der Waals surface area contributed by atoms with Gasteiger partial charge in [0.15, 0.2) is 0 Å². The van der Waals surface area contributed by atoms with Crippen LogP contribution in [0.3, 0.4) is 0 Å². The third kappa shape index (κ3) is 3.67. The third-order valence-corrected chi connectivity index (χ3v) is 5.47. The lowest BCUT2D eigenvalue weighted by molar-refractivity contribution is 0.307. The van der Waals surface area contributed by atoms with Gasteiger partial charge in [0.1, 0.15) is 17.9 Å². The number of hydrogen-bond acceptors (Lipinski definition) is 7. The maximum atomic E-state index is 13.5. The second-order valence-corrected chi connectivity index (χ2v) is 7.43. The highest BCUT2D eigenvalue weighted by Crippen LogP contribution is 2.39. The second-order valence-electron chi connectivity index (χ2n) is 7.43. The van der Waals surface area contributed by atoms with Crippen LogP contribution in [0.15, 0.2) is 59.6 Å². The SMILES string of the molecule is Nc1nccc(-c2cnc(C3CN(Cc4ccon4)CC3c3ccc(F)cc3)[nH]2)n1. The van der Waals surface area contributed by atoms with Crippen molar-refractivity contribution in [2.24, 2.45) is 0 Å². The molecule has 4 heterocycles. The molecule has 0 radical (unpaired) electrons. The Morgan fingerprint density at radius 2 is 1.93 bits per heavy atom. The van der Waals surface area contributed by atoms with Gasteiger partial charge in [-0.1, -0.05) is 17.3 Å². The first-order chi connectivity index (χ1) is 14.7. The molecule has 1 saturated heterocycles. The van der Waals surface area contributed by atoms with E-state index in [0.717, 1.165) is 35.9 Å². The molecule has 1 aliphatic rings. The molecule has 2 atom stereocenters. The predicted octanol–water partition coefficient (Wildman–Crippen LogP) is 2.96. The smallest absolute Gasteiger partial charge is 0.220 e. The van der Waals surface area contributed by atoms with Crippen molar-refractivity contribution < 1.29 is 8.91 Å². The molecule has 152 valence electrons. The first-order valence-electron chi connectivity index (χ1n) is 9.66. The van der Waals surface area contributed by atoms with Crippen LogP contribution in [-0.2, 0) is 6.54 Å². The number of hydrogen-bond donors (Lipinski definition) is 2. The topological polar surface area (TPSA) is 110 Å². The van der Waals surface area contributed by atoms with Crippen LogP contribution in [0.4, 0.5) is 10.3 Å². The average molecular weight is 405 g/mol. The Morgan fingerprint density at radius 1 is 1.10 bits per heavy atom. The fourth-order valence-electron chi connectivity index (χ4n) is 4.07. The van der Waals surface area contributed by atoms with E-state index in [4.69, 9.17) is 10.3 Å². The zero-order valence-electron chi connectivity index (χ0n) is 16.1. The zero-order valence-corrected chi connectivity index (χ0v) is 16.1. The number of aromatic amines is 1. The van der Waals surface area contributed by atoms with Crippen LogP contribution >= 0.6 is 0 Å². The monoisotopic (exact) mass is 405 g/mol. The Hall–Kier alpha value is -3.59. The van der Waals surface area contributed by atoms with Gasteiger partial charge in [-0.2, -0.15) is 0 Å². The largest absolute Gasteiger partial charge is 0.368 e. The van der Waals surface area contributed by atoms with E-state index in [0.29, 0.717) is 12.2 Å². The minimum Gasteiger partial charge on any atom is -0.368 e. The van der Waals surface area contributed by atoms with E-state index >= 15 is 0 Å². The van der Waals surface area contributed by atoms with Gasteiger partial charge in [0.25, 0.3) is 0 Å². The number of nitrogens with two attached hydrogens (primary N) is 1. The van der Waals surface area contributed by atoms with E-state index < -0.39 is 0 Å². The van der Waals surface area contributed by atoms with Crippen molar-refractivity contribution >= 4 is 5.95 Å². The van der Waals surface area contributed by atoms with Crippen molar-refractivity contribution in [3.63, 3.8) is 0 Å². The summed E-state index contributed by atoms with van der Waals surface area (Å²) in [7, 11) is 0. The summed E-state index contributed by atoms with van der Waals surface area (Å²) in [6, 6.07) is 10.4. The van der Waals surface area contributed by atoms with Crippen LogP contribution in [0, 0.1) is 5.82 Å². The summed E-state index contributed by atoms with van der Waals surface area (Å²) >= 11 is 0. The van der Waals surface area contributed by atoms with E-state index in [-0.39, 0.29) is 23.6 Å². The molecule has 4 aromatic rings. The van der Waals surface area contributed by atoms with E-state index in [1.807, 2.05) is 18.2 Å². The lowest BCUT2D eigenvalue weighted by Crippen LogP contribution is -2.20. The Bertz CT molecular complexity index is 1130. The number of anilines is 1. The number of likely N-dealkylation sites (tertiary alicyclic amines) is 1. The van der Waals surface area contributed by atoms with Gasteiger partial charge in [0.2, 0.25) is 5.95 Å². The van der Waals surface area contributed by atoms with Crippen molar-refractivity contribution in [3.8, 4) is 11.4 Å². The van der Waals surface area contributed by atoms with Gasteiger partial charge in [-0.15, -0.1) is 0 Å². The lowest BCUT2D eigenvalue weighted by Gasteiger charge is -2.17. The molecule has 1 fully saturated rings. The molecule has 0 bridgehead atoms. The molecule has 0 saturated carbocycles. The fourth-order valence-corrected chi connectivity index (χ4v) is 4.07. The normalized spacial score (nSPS) is 19.4. The number of rotatable bonds is 5. The Labute approximate surface area is 172 Å². The maximum Gasteiger partial charge on any atom is 0.220 e. The van der Waals surface area contributed by atoms with Crippen molar-refractivity contribution in [3.05, 3.63) is 78.0 Å². The number of nitrogens with one attached hydrogen (secondary N) is 1. The quantitative estimate of drug-likeness (QED) is 0.525. The van der Waals surface area contributed by atoms with Gasteiger partial charge >= 0.3 is 0 Å². The van der Waals surface area contributed by atoms with Crippen LogP contribution in [-0.4, -0.2) is 43.1 Å². The number of imidazole rings is 1. The first-order valence-corrected chi connectivity index (χ1v) is 9.66. The maximum absolute atomic E-state index is 13.5. The minimum atomic E-state index is -0.241.